The van der Waals surface area contributed by atoms with E-state index < -0.39 is 5.97 Å². The second-order valence-corrected chi connectivity index (χ2v) is 6.63. The van der Waals surface area contributed by atoms with Crippen molar-refractivity contribution in [3.05, 3.63) is 31.6 Å². The van der Waals surface area contributed by atoms with Crippen molar-refractivity contribution < 1.29 is 14.3 Å². The number of hydrogen-bond donors (Lipinski definition) is 1. The molecule has 0 saturated carbocycles. The second-order valence-electron chi connectivity index (χ2n) is 3.14. The number of carboxylic acids is 1. The van der Waals surface area contributed by atoms with Crippen LogP contribution in [0.3, 0.4) is 0 Å². The number of thiophene rings is 1. The van der Waals surface area contributed by atoms with Crippen molar-refractivity contribution in [2.45, 2.75) is 12.1 Å². The Morgan fingerprint density at radius 2 is 2.33 bits per heavy atom. The number of carbonyl (C=O) groups is 1. The normalized spacial score (nSPS) is 11.8. The average Bonchev–Trinajstić information content (AvgIpc) is 2.87. The highest BCUT2D eigenvalue weighted by atomic mass is 79.9. The van der Waals surface area contributed by atoms with Gasteiger partial charge in [0.1, 0.15) is 4.91 Å². The van der Waals surface area contributed by atoms with Gasteiger partial charge in [0.15, 0.2) is 0 Å². The molecule has 2 aromatic rings. The highest BCUT2D eigenvalue weighted by molar-refractivity contribution is 9.11. The van der Waals surface area contributed by atoms with E-state index in [0.29, 0.717) is 5.89 Å². The Labute approximate surface area is 119 Å². The van der Waals surface area contributed by atoms with Crippen molar-refractivity contribution >= 4 is 51.1 Å². The summed E-state index contributed by atoms with van der Waals surface area (Å²) in [5.41, 5.74) is 0. The van der Waals surface area contributed by atoms with Gasteiger partial charge >= 0.3 is 5.97 Å². The number of nitrogens with zero attached hydrogens (tertiary/aromatic N) is 2. The number of aryl methyl sites for hydroxylation is 1. The zero-order valence-electron chi connectivity index (χ0n) is 9.08. The fraction of sp³-hybridized carbons (Fsp3) is 0.100. The zero-order chi connectivity index (χ0) is 13.1. The molecule has 18 heavy (non-hydrogen) atoms. The van der Waals surface area contributed by atoms with Gasteiger partial charge in [0.25, 0.3) is 5.22 Å². The molecule has 5 nitrogen and oxygen atoms in total. The maximum Gasteiger partial charge on any atom is 0.342 e. The molecular formula is C10H7BrN2O3S2. The summed E-state index contributed by atoms with van der Waals surface area (Å²) >= 11 is 5.70. The first-order valence-corrected chi connectivity index (χ1v) is 7.15. The molecule has 0 aromatic carbocycles. The molecule has 0 bridgehead atoms. The molecule has 2 heterocycles. The smallest absolute Gasteiger partial charge is 0.342 e. The van der Waals surface area contributed by atoms with Gasteiger partial charge in [0.05, 0.1) is 3.79 Å². The molecule has 0 aliphatic heterocycles. The lowest BCUT2D eigenvalue weighted by Crippen LogP contribution is -1.96. The number of hydrogen-bond acceptors (Lipinski definition) is 6. The van der Waals surface area contributed by atoms with Crippen LogP contribution < -0.4 is 0 Å². The summed E-state index contributed by atoms with van der Waals surface area (Å²) in [4.78, 5) is 12.1. The summed E-state index contributed by atoms with van der Waals surface area (Å²) < 4.78 is 6.08. The number of carboxylic acid groups (broad SMARTS) is 1. The van der Waals surface area contributed by atoms with Crippen molar-refractivity contribution in [1.29, 1.82) is 0 Å². The lowest BCUT2D eigenvalue weighted by molar-refractivity contribution is -0.131. The fourth-order valence-electron chi connectivity index (χ4n) is 1.08. The van der Waals surface area contributed by atoms with Crippen LogP contribution in [0.5, 0.6) is 0 Å². The molecule has 0 spiro atoms. The van der Waals surface area contributed by atoms with Gasteiger partial charge in [-0.2, -0.15) is 0 Å². The summed E-state index contributed by atoms with van der Waals surface area (Å²) in [6.45, 7) is 1.65. The van der Waals surface area contributed by atoms with Gasteiger partial charge in [-0.05, 0) is 45.9 Å². The summed E-state index contributed by atoms with van der Waals surface area (Å²) in [6, 6.07) is 3.69. The van der Waals surface area contributed by atoms with E-state index in [1.807, 2.05) is 12.1 Å². The first kappa shape index (κ1) is 13.3. The van der Waals surface area contributed by atoms with Crippen molar-refractivity contribution in [2.75, 3.05) is 0 Å². The standard InChI is InChI=1S/C10H7BrN2O3S2/c1-5-12-13-10(16-5)18-7(9(14)15)4-6-2-3-8(11)17-6/h2-4H,1H3,(H,14,15)/b7-4-. The quantitative estimate of drug-likeness (QED) is 0.675. The van der Waals surface area contributed by atoms with Crippen molar-refractivity contribution in [1.82, 2.24) is 10.2 Å². The Bertz CT molecular complexity index is 606. The van der Waals surface area contributed by atoms with Gasteiger partial charge in [0, 0.05) is 11.8 Å². The van der Waals surface area contributed by atoms with E-state index in [-0.39, 0.29) is 10.1 Å². The number of halogens is 1. The molecule has 0 amide bonds. The van der Waals surface area contributed by atoms with Crippen LogP contribution in [0.15, 0.2) is 30.5 Å². The third-order valence-electron chi connectivity index (χ3n) is 1.78. The highest BCUT2D eigenvalue weighted by Gasteiger charge is 2.14. The molecule has 0 aliphatic rings. The molecule has 8 heteroatoms. The first-order valence-electron chi connectivity index (χ1n) is 4.73. The minimum Gasteiger partial charge on any atom is -0.477 e. The Balaban J connectivity index is 2.23. The van der Waals surface area contributed by atoms with Gasteiger partial charge in [-0.1, -0.05) is 0 Å². The molecular weight excluding hydrogens is 340 g/mol. The summed E-state index contributed by atoms with van der Waals surface area (Å²) in [6.07, 6.45) is 1.57. The SMILES string of the molecule is Cc1nnc(S/C(=C\c2ccc(Br)s2)C(=O)O)o1. The van der Waals surface area contributed by atoms with E-state index in [1.54, 1.807) is 13.0 Å². The topological polar surface area (TPSA) is 76.2 Å². The van der Waals surface area contributed by atoms with E-state index >= 15 is 0 Å². The fourth-order valence-corrected chi connectivity index (χ4v) is 3.23. The predicted molar refractivity (Wildman–Crippen MR) is 72.5 cm³/mol. The monoisotopic (exact) mass is 346 g/mol. The molecule has 0 saturated heterocycles. The minimum absolute atomic E-state index is 0.132. The van der Waals surface area contributed by atoms with Crippen LogP contribution in [0, 0.1) is 6.92 Å². The number of aromatic nitrogens is 2. The number of rotatable bonds is 4. The van der Waals surface area contributed by atoms with Gasteiger partial charge in [-0.25, -0.2) is 4.79 Å². The van der Waals surface area contributed by atoms with Crippen LogP contribution in [-0.2, 0) is 4.79 Å². The Hall–Kier alpha value is -1.12. The van der Waals surface area contributed by atoms with E-state index in [1.165, 1.54) is 11.3 Å². The zero-order valence-corrected chi connectivity index (χ0v) is 12.3. The van der Waals surface area contributed by atoms with Crippen LogP contribution >= 0.6 is 39.0 Å². The van der Waals surface area contributed by atoms with E-state index in [2.05, 4.69) is 26.1 Å². The molecule has 0 atom stereocenters. The largest absolute Gasteiger partial charge is 0.477 e. The second kappa shape index (κ2) is 5.68. The molecule has 0 unspecified atom stereocenters. The maximum atomic E-state index is 11.1. The maximum absolute atomic E-state index is 11.1. The summed E-state index contributed by atoms with van der Waals surface area (Å²) in [7, 11) is 0. The van der Waals surface area contributed by atoms with Gasteiger partial charge in [0.2, 0.25) is 5.89 Å². The van der Waals surface area contributed by atoms with Crippen LogP contribution in [0.25, 0.3) is 6.08 Å². The van der Waals surface area contributed by atoms with Gasteiger partial charge in [-0.3, -0.25) is 0 Å². The van der Waals surface area contributed by atoms with E-state index in [4.69, 9.17) is 9.52 Å². The first-order chi connectivity index (χ1) is 8.54. The summed E-state index contributed by atoms with van der Waals surface area (Å²) in [5, 5.41) is 16.7. The molecule has 1 N–H and O–H groups in total. The lowest BCUT2D eigenvalue weighted by atomic mass is 10.4. The molecule has 2 rings (SSSR count). The van der Waals surface area contributed by atoms with E-state index in [9.17, 15) is 4.79 Å². The van der Waals surface area contributed by atoms with E-state index in [0.717, 1.165) is 20.4 Å². The van der Waals surface area contributed by atoms with Crippen molar-refractivity contribution in [3.63, 3.8) is 0 Å². The van der Waals surface area contributed by atoms with Crippen LogP contribution in [0.4, 0.5) is 0 Å². The lowest BCUT2D eigenvalue weighted by Gasteiger charge is -1.96. The number of aliphatic carboxylic acids is 1. The van der Waals surface area contributed by atoms with Crippen LogP contribution in [0.1, 0.15) is 10.8 Å². The predicted octanol–water partition coefficient (Wildman–Crippen LogP) is 3.42. The van der Waals surface area contributed by atoms with Crippen LogP contribution in [0.2, 0.25) is 0 Å². The summed E-state index contributed by atoms with van der Waals surface area (Å²) in [5.74, 6) is -0.624. The third-order valence-corrected chi connectivity index (χ3v) is 4.21. The van der Waals surface area contributed by atoms with Gasteiger partial charge in [-0.15, -0.1) is 21.5 Å². The molecule has 0 radical (unpaired) electrons. The molecule has 0 aliphatic carbocycles. The van der Waals surface area contributed by atoms with Crippen molar-refractivity contribution in [2.24, 2.45) is 0 Å². The Kier molecular flexibility index (Phi) is 4.20. The third kappa shape index (κ3) is 3.44. The van der Waals surface area contributed by atoms with Crippen LogP contribution in [-0.4, -0.2) is 21.3 Å². The molecule has 0 fully saturated rings. The van der Waals surface area contributed by atoms with Crippen molar-refractivity contribution in [3.8, 4) is 0 Å². The molecule has 94 valence electrons. The Morgan fingerprint density at radius 3 is 2.83 bits per heavy atom. The highest BCUT2D eigenvalue weighted by Crippen LogP contribution is 2.30. The van der Waals surface area contributed by atoms with Gasteiger partial charge < -0.3 is 9.52 Å². The average molecular weight is 347 g/mol. The molecule has 2 aromatic heterocycles. The number of thioether (sulfide) groups is 1. The Morgan fingerprint density at radius 1 is 1.56 bits per heavy atom. The minimum atomic E-state index is -1.03.